The molecule has 2 heterocycles. The number of benzene rings is 1. The van der Waals surface area contributed by atoms with Gasteiger partial charge in [0.15, 0.2) is 0 Å². The highest BCUT2D eigenvalue weighted by Gasteiger charge is 2.21. The van der Waals surface area contributed by atoms with Crippen LogP contribution in [0.15, 0.2) is 41.8 Å². The first-order chi connectivity index (χ1) is 11.0. The molecule has 0 bridgehead atoms. The highest BCUT2D eigenvalue weighted by molar-refractivity contribution is 7.90. The molecule has 1 aromatic carbocycles. The van der Waals surface area contributed by atoms with Crippen LogP contribution < -0.4 is 0 Å². The number of hydrogen-bond acceptors (Lipinski definition) is 4. The van der Waals surface area contributed by atoms with Crippen molar-refractivity contribution in [3.05, 3.63) is 47.8 Å². The number of imidazole rings is 1. The number of aromatic nitrogens is 2. The predicted octanol–water partition coefficient (Wildman–Crippen LogP) is 1.63. The second-order valence-electron chi connectivity index (χ2n) is 5.78. The van der Waals surface area contributed by atoms with Crippen LogP contribution in [0.4, 0.5) is 0 Å². The molecule has 7 heteroatoms. The van der Waals surface area contributed by atoms with Gasteiger partial charge < -0.3 is 9.47 Å². The predicted molar refractivity (Wildman–Crippen MR) is 85.7 cm³/mol. The smallest absolute Gasteiger partial charge is 0.253 e. The third-order valence-corrected chi connectivity index (χ3v) is 5.67. The largest absolute Gasteiger partial charge is 0.339 e. The molecule has 6 nitrogen and oxygen atoms in total. The van der Waals surface area contributed by atoms with Gasteiger partial charge in [0.25, 0.3) is 5.91 Å². The highest BCUT2D eigenvalue weighted by atomic mass is 32.2. The number of sulfone groups is 1. The van der Waals surface area contributed by atoms with Crippen molar-refractivity contribution in [1.82, 2.24) is 14.5 Å². The molecule has 0 N–H and O–H groups in total. The van der Waals surface area contributed by atoms with E-state index in [9.17, 15) is 13.2 Å². The van der Waals surface area contributed by atoms with Gasteiger partial charge in [-0.25, -0.2) is 13.4 Å². The van der Waals surface area contributed by atoms with Gasteiger partial charge in [0.2, 0.25) is 15.0 Å². The van der Waals surface area contributed by atoms with E-state index >= 15 is 0 Å². The molecule has 122 valence electrons. The number of carbonyl (C=O) groups is 1. The number of likely N-dealkylation sites (tertiary alicyclic amines) is 1. The van der Waals surface area contributed by atoms with Gasteiger partial charge in [0, 0.05) is 38.1 Å². The zero-order chi connectivity index (χ0) is 16.4. The topological polar surface area (TPSA) is 72.3 Å². The van der Waals surface area contributed by atoms with Crippen LogP contribution in [0, 0.1) is 0 Å². The molecule has 1 amide bonds. The standard InChI is InChI=1S/C16H19N3O3S/c1-18-11-8-17-16(18)23(21,22)12-13-4-6-14(7-5-13)15(20)19-9-2-3-10-19/h4-8,11H,2-3,9-10,12H2,1H3. The third kappa shape index (κ3) is 3.29. The van der Waals surface area contributed by atoms with Crippen LogP contribution in [-0.4, -0.2) is 41.9 Å². The fraction of sp³-hybridized carbons (Fsp3) is 0.375. The molecular weight excluding hydrogens is 314 g/mol. The minimum atomic E-state index is -3.49. The summed E-state index contributed by atoms with van der Waals surface area (Å²) in [6.45, 7) is 1.60. The summed E-state index contributed by atoms with van der Waals surface area (Å²) in [7, 11) is -1.84. The van der Waals surface area contributed by atoms with E-state index in [0.29, 0.717) is 11.1 Å². The van der Waals surface area contributed by atoms with Crippen LogP contribution in [0.2, 0.25) is 0 Å². The summed E-state index contributed by atoms with van der Waals surface area (Å²) >= 11 is 0. The van der Waals surface area contributed by atoms with Gasteiger partial charge in [-0.05, 0) is 30.5 Å². The first-order valence-electron chi connectivity index (χ1n) is 7.56. The Morgan fingerprint density at radius 3 is 2.39 bits per heavy atom. The van der Waals surface area contributed by atoms with Gasteiger partial charge >= 0.3 is 0 Å². The number of amides is 1. The van der Waals surface area contributed by atoms with Gasteiger partial charge in [0.05, 0.1) is 5.75 Å². The van der Waals surface area contributed by atoms with E-state index in [-0.39, 0.29) is 16.8 Å². The lowest BCUT2D eigenvalue weighted by Crippen LogP contribution is -2.27. The van der Waals surface area contributed by atoms with Crippen LogP contribution >= 0.6 is 0 Å². The van der Waals surface area contributed by atoms with Crippen molar-refractivity contribution in [2.45, 2.75) is 23.8 Å². The van der Waals surface area contributed by atoms with Crippen molar-refractivity contribution in [1.29, 1.82) is 0 Å². The first-order valence-corrected chi connectivity index (χ1v) is 9.21. The Morgan fingerprint density at radius 2 is 1.83 bits per heavy atom. The average molecular weight is 333 g/mol. The summed E-state index contributed by atoms with van der Waals surface area (Å²) in [6.07, 6.45) is 5.16. The van der Waals surface area contributed by atoms with E-state index in [4.69, 9.17) is 0 Å². The normalized spacial score (nSPS) is 15.1. The molecule has 1 fully saturated rings. The minimum absolute atomic E-state index is 0.0148. The van der Waals surface area contributed by atoms with Crippen LogP contribution in [0.3, 0.4) is 0 Å². The molecule has 0 unspecified atom stereocenters. The van der Waals surface area contributed by atoms with Crippen LogP contribution in [-0.2, 0) is 22.6 Å². The summed E-state index contributed by atoms with van der Waals surface area (Å²) in [6, 6.07) is 6.79. The zero-order valence-corrected chi connectivity index (χ0v) is 13.8. The fourth-order valence-corrected chi connectivity index (χ4v) is 4.26. The molecule has 1 aromatic heterocycles. The molecule has 0 saturated carbocycles. The zero-order valence-electron chi connectivity index (χ0n) is 13.0. The lowest BCUT2D eigenvalue weighted by atomic mass is 10.1. The second-order valence-corrected chi connectivity index (χ2v) is 7.66. The summed E-state index contributed by atoms with van der Waals surface area (Å²) in [5.41, 5.74) is 1.25. The molecule has 1 aliphatic rings. The fourth-order valence-electron chi connectivity index (χ4n) is 2.78. The first kappa shape index (κ1) is 15.7. The number of nitrogens with zero attached hydrogens (tertiary/aromatic N) is 3. The lowest BCUT2D eigenvalue weighted by Gasteiger charge is -2.15. The maximum Gasteiger partial charge on any atom is 0.253 e. The van der Waals surface area contributed by atoms with Crippen molar-refractivity contribution >= 4 is 15.7 Å². The Hall–Kier alpha value is -2.15. The molecule has 2 aromatic rings. The number of rotatable bonds is 4. The summed E-state index contributed by atoms with van der Waals surface area (Å²) < 4.78 is 26.2. The Balaban J connectivity index is 1.75. The van der Waals surface area contributed by atoms with E-state index in [2.05, 4.69) is 4.98 Å². The number of hydrogen-bond donors (Lipinski definition) is 0. The Morgan fingerprint density at radius 1 is 1.17 bits per heavy atom. The SMILES string of the molecule is Cn1ccnc1S(=O)(=O)Cc1ccc(C(=O)N2CCCC2)cc1. The molecule has 3 rings (SSSR count). The monoisotopic (exact) mass is 333 g/mol. The average Bonchev–Trinajstić information content (AvgIpc) is 3.18. The van der Waals surface area contributed by atoms with Crippen molar-refractivity contribution in [2.24, 2.45) is 7.05 Å². The van der Waals surface area contributed by atoms with Gasteiger partial charge in [-0.2, -0.15) is 0 Å². The lowest BCUT2D eigenvalue weighted by molar-refractivity contribution is 0.0793. The van der Waals surface area contributed by atoms with E-state index in [0.717, 1.165) is 25.9 Å². The highest BCUT2D eigenvalue weighted by Crippen LogP contribution is 2.17. The van der Waals surface area contributed by atoms with Crippen LogP contribution in [0.1, 0.15) is 28.8 Å². The second kappa shape index (κ2) is 6.16. The molecular formula is C16H19N3O3S. The summed E-state index contributed by atoms with van der Waals surface area (Å²) in [5, 5.41) is 0.0507. The molecule has 0 radical (unpaired) electrons. The Bertz CT molecular complexity index is 803. The van der Waals surface area contributed by atoms with Crippen molar-refractivity contribution < 1.29 is 13.2 Å². The van der Waals surface area contributed by atoms with E-state index in [1.807, 2.05) is 4.90 Å². The molecule has 1 saturated heterocycles. The summed E-state index contributed by atoms with van der Waals surface area (Å²) in [5.74, 6) is -0.114. The maximum atomic E-state index is 12.4. The maximum absolute atomic E-state index is 12.4. The van der Waals surface area contributed by atoms with Crippen molar-refractivity contribution in [3.8, 4) is 0 Å². The van der Waals surface area contributed by atoms with Crippen molar-refractivity contribution in [3.63, 3.8) is 0 Å². The Labute approximate surface area is 135 Å². The molecule has 0 spiro atoms. The molecule has 1 aliphatic heterocycles. The summed E-state index contributed by atoms with van der Waals surface area (Å²) in [4.78, 5) is 18.0. The number of carbonyl (C=O) groups excluding carboxylic acids is 1. The van der Waals surface area contributed by atoms with Gasteiger partial charge in [0.1, 0.15) is 0 Å². The van der Waals surface area contributed by atoms with Gasteiger partial charge in [-0.15, -0.1) is 0 Å². The van der Waals surface area contributed by atoms with E-state index in [1.165, 1.54) is 10.8 Å². The van der Waals surface area contributed by atoms with Gasteiger partial charge in [-0.3, -0.25) is 4.79 Å². The molecule has 23 heavy (non-hydrogen) atoms. The van der Waals surface area contributed by atoms with E-state index in [1.54, 1.807) is 37.5 Å². The van der Waals surface area contributed by atoms with Crippen LogP contribution in [0.5, 0.6) is 0 Å². The minimum Gasteiger partial charge on any atom is -0.339 e. The van der Waals surface area contributed by atoms with E-state index < -0.39 is 9.84 Å². The van der Waals surface area contributed by atoms with Gasteiger partial charge in [-0.1, -0.05) is 12.1 Å². The third-order valence-electron chi connectivity index (χ3n) is 4.01. The van der Waals surface area contributed by atoms with Crippen LogP contribution in [0.25, 0.3) is 0 Å². The van der Waals surface area contributed by atoms with Crippen molar-refractivity contribution in [2.75, 3.05) is 13.1 Å². The Kier molecular flexibility index (Phi) is 4.21. The number of aryl methyl sites for hydroxylation is 1. The quantitative estimate of drug-likeness (QED) is 0.852. The molecule has 0 aliphatic carbocycles. The molecule has 0 atom stereocenters.